The number of Topliss-reactive ketones (excluding diaryl/α,β-unsaturated/α-hetero) is 1. The van der Waals surface area contributed by atoms with E-state index in [9.17, 15) is 18.0 Å². The van der Waals surface area contributed by atoms with Gasteiger partial charge in [0.25, 0.3) is 0 Å². The van der Waals surface area contributed by atoms with Crippen LogP contribution in [0.5, 0.6) is 11.5 Å². The first-order valence-electron chi connectivity index (χ1n) is 7.48. The van der Waals surface area contributed by atoms with E-state index in [1.807, 2.05) is 12.1 Å². The van der Waals surface area contributed by atoms with Crippen molar-refractivity contribution in [2.45, 2.75) is 19.0 Å². The van der Waals surface area contributed by atoms with Gasteiger partial charge in [-0.25, -0.2) is 4.79 Å². The van der Waals surface area contributed by atoms with E-state index in [4.69, 9.17) is 19.4 Å². The molecule has 1 fully saturated rings. The Balaban J connectivity index is 0.000000381. The molecule has 1 saturated heterocycles. The minimum atomic E-state index is -5.08. The number of ketones is 1. The van der Waals surface area contributed by atoms with Crippen LogP contribution < -0.4 is 14.8 Å². The summed E-state index contributed by atoms with van der Waals surface area (Å²) in [5.74, 6) is -1.35. The van der Waals surface area contributed by atoms with Crippen LogP contribution in [0.15, 0.2) is 18.2 Å². The van der Waals surface area contributed by atoms with Gasteiger partial charge in [-0.15, -0.1) is 0 Å². The van der Waals surface area contributed by atoms with Crippen molar-refractivity contribution in [1.29, 1.82) is 0 Å². The Morgan fingerprint density at radius 2 is 1.72 bits per heavy atom. The Morgan fingerprint density at radius 3 is 2.16 bits per heavy atom. The van der Waals surface area contributed by atoms with Crippen LogP contribution in [0.4, 0.5) is 13.2 Å². The van der Waals surface area contributed by atoms with Crippen molar-refractivity contribution in [2.24, 2.45) is 5.92 Å². The number of aliphatic carboxylic acids is 1. The Bertz CT molecular complexity index is 598. The minimum absolute atomic E-state index is 0.0901. The van der Waals surface area contributed by atoms with E-state index >= 15 is 0 Å². The molecule has 0 radical (unpaired) electrons. The van der Waals surface area contributed by atoms with Crippen molar-refractivity contribution in [2.75, 3.05) is 27.3 Å². The third-order valence-electron chi connectivity index (χ3n) is 3.62. The van der Waals surface area contributed by atoms with Crippen molar-refractivity contribution in [3.63, 3.8) is 0 Å². The molecule has 0 amide bonds. The number of halogens is 3. The van der Waals surface area contributed by atoms with Gasteiger partial charge in [0.2, 0.25) is 0 Å². The van der Waals surface area contributed by atoms with Crippen molar-refractivity contribution in [3.8, 4) is 11.5 Å². The second kappa shape index (κ2) is 9.26. The van der Waals surface area contributed by atoms with Gasteiger partial charge in [-0.2, -0.15) is 13.2 Å². The van der Waals surface area contributed by atoms with Crippen LogP contribution in [0.2, 0.25) is 0 Å². The van der Waals surface area contributed by atoms with Crippen molar-refractivity contribution in [3.05, 3.63) is 23.8 Å². The first-order chi connectivity index (χ1) is 11.7. The van der Waals surface area contributed by atoms with Crippen LogP contribution in [0.25, 0.3) is 0 Å². The topological polar surface area (TPSA) is 84.9 Å². The summed E-state index contributed by atoms with van der Waals surface area (Å²) >= 11 is 0. The van der Waals surface area contributed by atoms with Crippen LogP contribution in [0.3, 0.4) is 0 Å². The summed E-state index contributed by atoms with van der Waals surface area (Å²) in [6.07, 6.45) is -3.31. The number of ether oxygens (including phenoxy) is 2. The summed E-state index contributed by atoms with van der Waals surface area (Å²) in [4.78, 5) is 21.4. The molecule has 0 aliphatic carbocycles. The monoisotopic (exact) mass is 363 g/mol. The van der Waals surface area contributed by atoms with E-state index < -0.39 is 12.1 Å². The average Bonchev–Trinajstić information content (AvgIpc) is 2.60. The number of methoxy groups -OCH3 is 2. The second-order valence-corrected chi connectivity index (χ2v) is 5.23. The van der Waals surface area contributed by atoms with Gasteiger partial charge < -0.3 is 19.9 Å². The molecule has 140 valence electrons. The van der Waals surface area contributed by atoms with Crippen molar-refractivity contribution in [1.82, 2.24) is 5.32 Å². The summed E-state index contributed by atoms with van der Waals surface area (Å²) in [6, 6.07) is 5.44. The van der Waals surface area contributed by atoms with E-state index in [2.05, 4.69) is 5.32 Å². The third-order valence-corrected chi connectivity index (χ3v) is 3.62. The lowest BCUT2D eigenvalue weighted by atomic mass is 9.89. The highest BCUT2D eigenvalue weighted by Gasteiger charge is 2.38. The zero-order valence-corrected chi connectivity index (χ0v) is 13.9. The molecule has 0 aromatic heterocycles. The van der Waals surface area contributed by atoms with E-state index in [-0.39, 0.29) is 11.7 Å². The summed E-state index contributed by atoms with van der Waals surface area (Å²) < 4.78 is 42.3. The molecule has 1 aliphatic heterocycles. The highest BCUT2D eigenvalue weighted by molar-refractivity contribution is 6.01. The predicted molar refractivity (Wildman–Crippen MR) is 83.2 cm³/mol. The number of hydrogen-bond acceptors (Lipinski definition) is 5. The van der Waals surface area contributed by atoms with Gasteiger partial charge in [-0.05, 0) is 38.1 Å². The SMILES string of the molecule is COc1cccc(C(=O)C2CCNCC2)c1OC.O=C(O)C(F)(F)F. The number of para-hydroxylation sites is 1. The molecule has 1 aliphatic rings. The lowest BCUT2D eigenvalue weighted by Crippen LogP contribution is -2.32. The van der Waals surface area contributed by atoms with Crippen molar-refractivity contribution >= 4 is 11.8 Å². The summed E-state index contributed by atoms with van der Waals surface area (Å²) in [5.41, 5.74) is 0.628. The van der Waals surface area contributed by atoms with E-state index in [0.717, 1.165) is 25.9 Å². The number of carbonyl (C=O) groups is 2. The van der Waals surface area contributed by atoms with Crippen LogP contribution in [0.1, 0.15) is 23.2 Å². The maximum absolute atomic E-state index is 12.5. The molecule has 2 rings (SSSR count). The molecule has 1 aromatic carbocycles. The van der Waals surface area contributed by atoms with Crippen LogP contribution in [-0.2, 0) is 4.79 Å². The predicted octanol–water partition coefficient (Wildman–Crippen LogP) is 2.52. The smallest absolute Gasteiger partial charge is 0.490 e. The first-order valence-corrected chi connectivity index (χ1v) is 7.48. The van der Waals surface area contributed by atoms with Gasteiger partial charge in [0, 0.05) is 5.92 Å². The van der Waals surface area contributed by atoms with Crippen molar-refractivity contribution < 1.29 is 37.3 Å². The maximum Gasteiger partial charge on any atom is 0.490 e. The number of carboxylic acids is 1. The molecule has 0 unspecified atom stereocenters. The van der Waals surface area contributed by atoms with E-state index in [0.29, 0.717) is 17.1 Å². The number of piperidine rings is 1. The number of rotatable bonds is 4. The lowest BCUT2D eigenvalue weighted by Gasteiger charge is -2.22. The zero-order chi connectivity index (χ0) is 19.0. The number of carboxylic acid groups (broad SMARTS) is 1. The van der Waals surface area contributed by atoms with Gasteiger partial charge in [-0.3, -0.25) is 4.79 Å². The number of alkyl halides is 3. The second-order valence-electron chi connectivity index (χ2n) is 5.23. The molecular weight excluding hydrogens is 343 g/mol. The number of hydrogen-bond donors (Lipinski definition) is 2. The molecule has 6 nitrogen and oxygen atoms in total. The molecule has 1 aromatic rings. The van der Waals surface area contributed by atoms with Crippen LogP contribution in [-0.4, -0.2) is 50.3 Å². The molecule has 0 bridgehead atoms. The molecular formula is C16H20F3NO5. The number of benzene rings is 1. The normalized spacial score (nSPS) is 14.9. The van der Waals surface area contributed by atoms with Crippen LogP contribution >= 0.6 is 0 Å². The van der Waals surface area contributed by atoms with Gasteiger partial charge in [-0.1, -0.05) is 6.07 Å². The van der Waals surface area contributed by atoms with E-state index in [1.165, 1.54) is 0 Å². The fourth-order valence-electron chi connectivity index (χ4n) is 2.39. The minimum Gasteiger partial charge on any atom is -0.493 e. The van der Waals surface area contributed by atoms with E-state index in [1.54, 1.807) is 20.3 Å². The Kier molecular flexibility index (Phi) is 7.69. The summed E-state index contributed by atoms with van der Waals surface area (Å²) in [5, 5.41) is 10.4. The number of carbonyl (C=O) groups excluding carboxylic acids is 1. The third kappa shape index (κ3) is 5.93. The first kappa shape index (κ1) is 20.8. The Morgan fingerprint density at radius 1 is 1.16 bits per heavy atom. The zero-order valence-electron chi connectivity index (χ0n) is 13.9. The maximum atomic E-state index is 12.5. The summed E-state index contributed by atoms with van der Waals surface area (Å²) in [6.45, 7) is 1.81. The quantitative estimate of drug-likeness (QED) is 0.800. The Labute approximate surface area is 142 Å². The number of nitrogens with one attached hydrogen (secondary N) is 1. The standard InChI is InChI=1S/C14H19NO3.C2HF3O2/c1-17-12-5-3-4-11(14(12)18-2)13(16)10-6-8-15-9-7-10;3-2(4,5)1(6)7/h3-5,10,15H,6-9H2,1-2H3;(H,6,7). The fraction of sp³-hybridized carbons (Fsp3) is 0.500. The van der Waals surface area contributed by atoms with Gasteiger partial charge in [0.15, 0.2) is 17.3 Å². The average molecular weight is 363 g/mol. The molecule has 0 atom stereocenters. The largest absolute Gasteiger partial charge is 0.493 e. The van der Waals surface area contributed by atoms with Gasteiger partial charge in [0.1, 0.15) is 0 Å². The van der Waals surface area contributed by atoms with Gasteiger partial charge in [0.05, 0.1) is 19.8 Å². The summed E-state index contributed by atoms with van der Waals surface area (Å²) in [7, 11) is 3.15. The van der Waals surface area contributed by atoms with Crippen LogP contribution in [0, 0.1) is 5.92 Å². The fourth-order valence-corrected chi connectivity index (χ4v) is 2.39. The molecule has 25 heavy (non-hydrogen) atoms. The molecule has 0 spiro atoms. The molecule has 1 heterocycles. The lowest BCUT2D eigenvalue weighted by molar-refractivity contribution is -0.192. The molecule has 2 N–H and O–H groups in total. The molecule has 9 heteroatoms. The highest BCUT2D eigenvalue weighted by atomic mass is 19.4. The van der Waals surface area contributed by atoms with Gasteiger partial charge >= 0.3 is 12.1 Å². The molecule has 0 saturated carbocycles. The highest BCUT2D eigenvalue weighted by Crippen LogP contribution is 2.33. The Hall–Kier alpha value is -2.29.